The van der Waals surface area contributed by atoms with Gasteiger partial charge in [-0.1, -0.05) is 29.4 Å². The second-order valence-electron chi connectivity index (χ2n) is 6.38. The first-order chi connectivity index (χ1) is 12.2. The number of carbonyl (C=O) groups excluding carboxylic acids is 1. The molecule has 0 atom stereocenters. The number of nitrogens with zero attached hydrogens (tertiary/aromatic N) is 3. The minimum atomic E-state index is -0.0653. The van der Waals surface area contributed by atoms with E-state index in [0.717, 1.165) is 18.4 Å². The molecule has 3 aromatic rings. The summed E-state index contributed by atoms with van der Waals surface area (Å²) in [5.74, 6) is 0.942. The van der Waals surface area contributed by atoms with E-state index in [9.17, 15) is 4.79 Å². The Bertz CT molecular complexity index is 902. The summed E-state index contributed by atoms with van der Waals surface area (Å²) in [5.41, 5.74) is 4.37. The molecule has 0 bridgehead atoms. The molecule has 0 saturated heterocycles. The molecular weight excluding hydrogens is 314 g/mol. The summed E-state index contributed by atoms with van der Waals surface area (Å²) in [5, 5.41) is 4.02. The lowest BCUT2D eigenvalue weighted by Crippen LogP contribution is -2.26. The lowest BCUT2D eigenvalue weighted by molar-refractivity contribution is 0.0780. The maximum Gasteiger partial charge on any atom is 0.257 e. The van der Waals surface area contributed by atoms with Crippen molar-refractivity contribution in [3.63, 3.8) is 0 Å². The van der Waals surface area contributed by atoms with Crippen LogP contribution in [0.1, 0.15) is 33.7 Å². The Kier molecular flexibility index (Phi) is 4.06. The zero-order valence-electron chi connectivity index (χ0n) is 14.1. The summed E-state index contributed by atoms with van der Waals surface area (Å²) in [6.07, 6.45) is 3.47. The van der Waals surface area contributed by atoms with Gasteiger partial charge in [0.2, 0.25) is 0 Å². The lowest BCUT2D eigenvalue weighted by atomic mass is 10.1. The summed E-state index contributed by atoms with van der Waals surface area (Å²) in [7, 11) is 1.74. The molecule has 2 aromatic carbocycles. The van der Waals surface area contributed by atoms with Crippen molar-refractivity contribution in [2.45, 2.75) is 25.8 Å². The van der Waals surface area contributed by atoms with Crippen molar-refractivity contribution in [1.82, 2.24) is 15.0 Å². The number of hydrogen-bond acceptors (Lipinski definition) is 4. The summed E-state index contributed by atoms with van der Waals surface area (Å²) in [6, 6.07) is 15.5. The highest BCUT2D eigenvalue weighted by molar-refractivity contribution is 5.93. The van der Waals surface area contributed by atoms with Crippen molar-refractivity contribution in [3.8, 4) is 11.5 Å². The molecule has 25 heavy (non-hydrogen) atoms. The van der Waals surface area contributed by atoms with E-state index in [0.29, 0.717) is 23.8 Å². The van der Waals surface area contributed by atoms with Crippen LogP contribution < -0.4 is 0 Å². The van der Waals surface area contributed by atoms with Gasteiger partial charge in [0.25, 0.3) is 11.8 Å². The van der Waals surface area contributed by atoms with Gasteiger partial charge in [0, 0.05) is 18.2 Å². The first-order valence-electron chi connectivity index (χ1n) is 8.46. The van der Waals surface area contributed by atoms with Gasteiger partial charge in [-0.05, 0) is 54.7 Å². The quantitative estimate of drug-likeness (QED) is 0.733. The zero-order valence-corrected chi connectivity index (χ0v) is 14.1. The van der Waals surface area contributed by atoms with Crippen LogP contribution in [-0.2, 0) is 19.4 Å². The van der Waals surface area contributed by atoms with Crippen LogP contribution in [-0.4, -0.2) is 28.0 Å². The molecule has 1 aliphatic rings. The number of carbonyl (C=O) groups is 1. The molecule has 0 spiro atoms. The summed E-state index contributed by atoms with van der Waals surface area (Å²) in [4.78, 5) is 18.4. The normalized spacial score (nSPS) is 12.8. The second kappa shape index (κ2) is 6.51. The SMILES string of the molecule is CN(Cc1noc(-c2ccc3c(c2)CCC3)n1)C(=O)c1ccccc1. The van der Waals surface area contributed by atoms with Crippen LogP contribution in [0.4, 0.5) is 0 Å². The van der Waals surface area contributed by atoms with Crippen LogP contribution in [0.5, 0.6) is 0 Å². The molecule has 4 rings (SSSR count). The van der Waals surface area contributed by atoms with Crippen molar-refractivity contribution in [3.05, 3.63) is 71.0 Å². The van der Waals surface area contributed by atoms with E-state index in [1.54, 1.807) is 24.1 Å². The lowest BCUT2D eigenvalue weighted by Gasteiger charge is -2.14. The Balaban J connectivity index is 1.49. The van der Waals surface area contributed by atoms with Crippen LogP contribution in [0.2, 0.25) is 0 Å². The molecule has 1 aliphatic carbocycles. The van der Waals surface area contributed by atoms with Crippen molar-refractivity contribution < 1.29 is 9.32 Å². The first kappa shape index (κ1) is 15.6. The summed E-state index contributed by atoms with van der Waals surface area (Å²) in [6.45, 7) is 0.308. The topological polar surface area (TPSA) is 59.2 Å². The predicted molar refractivity (Wildman–Crippen MR) is 94.0 cm³/mol. The Morgan fingerprint density at radius 2 is 1.92 bits per heavy atom. The number of hydrogen-bond donors (Lipinski definition) is 0. The van der Waals surface area contributed by atoms with E-state index >= 15 is 0 Å². The fraction of sp³-hybridized carbons (Fsp3) is 0.250. The number of amides is 1. The van der Waals surface area contributed by atoms with Crippen LogP contribution in [0.3, 0.4) is 0 Å². The van der Waals surface area contributed by atoms with Crippen LogP contribution in [0.25, 0.3) is 11.5 Å². The van der Waals surface area contributed by atoms with Gasteiger partial charge in [-0.2, -0.15) is 4.98 Å². The van der Waals surface area contributed by atoms with E-state index in [4.69, 9.17) is 4.52 Å². The van der Waals surface area contributed by atoms with Crippen LogP contribution in [0.15, 0.2) is 53.1 Å². The highest BCUT2D eigenvalue weighted by atomic mass is 16.5. The van der Waals surface area contributed by atoms with Crippen molar-refractivity contribution in [2.75, 3.05) is 7.05 Å². The number of aromatic nitrogens is 2. The van der Waals surface area contributed by atoms with Crippen LogP contribution in [0, 0.1) is 0 Å². The van der Waals surface area contributed by atoms with Gasteiger partial charge in [0.15, 0.2) is 5.82 Å². The minimum absolute atomic E-state index is 0.0653. The first-order valence-corrected chi connectivity index (χ1v) is 8.46. The third kappa shape index (κ3) is 3.18. The van der Waals surface area contributed by atoms with Gasteiger partial charge in [-0.15, -0.1) is 0 Å². The number of rotatable bonds is 4. The molecule has 0 saturated carbocycles. The van der Waals surface area contributed by atoms with Gasteiger partial charge >= 0.3 is 0 Å². The van der Waals surface area contributed by atoms with E-state index in [1.807, 2.05) is 24.3 Å². The third-order valence-electron chi connectivity index (χ3n) is 4.56. The van der Waals surface area contributed by atoms with Gasteiger partial charge in [-0.3, -0.25) is 4.79 Å². The average molecular weight is 333 g/mol. The molecular formula is C20H19N3O2. The fourth-order valence-electron chi connectivity index (χ4n) is 3.23. The Labute approximate surface area is 146 Å². The smallest absolute Gasteiger partial charge is 0.257 e. The van der Waals surface area contributed by atoms with Crippen molar-refractivity contribution >= 4 is 5.91 Å². The molecule has 5 nitrogen and oxygen atoms in total. The van der Waals surface area contributed by atoms with Gasteiger partial charge in [0.1, 0.15) is 0 Å². The van der Waals surface area contributed by atoms with Gasteiger partial charge in [-0.25, -0.2) is 0 Å². The van der Waals surface area contributed by atoms with Gasteiger partial charge in [0.05, 0.1) is 6.54 Å². The maximum atomic E-state index is 12.4. The molecule has 0 radical (unpaired) electrons. The van der Waals surface area contributed by atoms with Crippen LogP contribution >= 0.6 is 0 Å². The second-order valence-corrected chi connectivity index (χ2v) is 6.38. The molecule has 0 fully saturated rings. The van der Waals surface area contributed by atoms with E-state index < -0.39 is 0 Å². The maximum absolute atomic E-state index is 12.4. The summed E-state index contributed by atoms with van der Waals surface area (Å²) < 4.78 is 5.40. The average Bonchev–Trinajstić information content (AvgIpc) is 3.30. The highest BCUT2D eigenvalue weighted by Gasteiger charge is 2.17. The van der Waals surface area contributed by atoms with Crippen molar-refractivity contribution in [1.29, 1.82) is 0 Å². The van der Waals surface area contributed by atoms with E-state index in [2.05, 4.69) is 22.3 Å². The number of benzene rings is 2. The fourth-order valence-corrected chi connectivity index (χ4v) is 3.23. The third-order valence-corrected chi connectivity index (χ3v) is 4.56. The molecule has 1 heterocycles. The molecule has 0 N–H and O–H groups in total. The molecule has 0 unspecified atom stereocenters. The Morgan fingerprint density at radius 3 is 2.76 bits per heavy atom. The molecule has 5 heteroatoms. The summed E-state index contributed by atoms with van der Waals surface area (Å²) >= 11 is 0. The Morgan fingerprint density at radius 1 is 1.12 bits per heavy atom. The largest absolute Gasteiger partial charge is 0.334 e. The number of aryl methyl sites for hydroxylation is 2. The highest BCUT2D eigenvalue weighted by Crippen LogP contribution is 2.27. The standard InChI is InChI=1S/C20H19N3O2/c1-23(20(24)15-6-3-2-4-7-15)13-18-21-19(25-22-18)17-11-10-14-8-5-9-16(14)12-17/h2-4,6-7,10-12H,5,8-9,13H2,1H3. The number of fused-ring (bicyclic) bond motifs is 1. The van der Waals surface area contributed by atoms with E-state index in [-0.39, 0.29) is 5.91 Å². The zero-order chi connectivity index (χ0) is 17.2. The molecule has 1 amide bonds. The molecule has 126 valence electrons. The predicted octanol–water partition coefficient (Wildman–Crippen LogP) is 3.50. The molecule has 0 aliphatic heterocycles. The minimum Gasteiger partial charge on any atom is -0.334 e. The van der Waals surface area contributed by atoms with Gasteiger partial charge < -0.3 is 9.42 Å². The Hall–Kier alpha value is -2.95. The molecule has 1 aromatic heterocycles. The monoisotopic (exact) mass is 333 g/mol. The van der Waals surface area contributed by atoms with Crippen molar-refractivity contribution in [2.24, 2.45) is 0 Å². The van der Waals surface area contributed by atoms with E-state index in [1.165, 1.54) is 17.5 Å².